The molecule has 0 radical (unpaired) electrons. The lowest BCUT2D eigenvalue weighted by Gasteiger charge is -2.40. The molecule has 7 rings (SSSR count). The Morgan fingerprint density at radius 1 is 1.07 bits per heavy atom. The smallest absolute Gasteiger partial charge is 0.407 e. The molecule has 5 aliphatic rings. The third-order valence-corrected chi connectivity index (χ3v) is 9.50. The standard InChI is InChI=1S/C30H37N7O3/c31-12-11-22-16-34(14-15-37(22)30(38)39)28-25-17-35(27-10-7-20-4-1-2-6-24(20)27)18-26(25)32-29(33-28)40-19-23-5-3-13-36(23)21-8-9-21/h1-2,4,6,21-23,27H,3,5,7-11,13-19H2,(H,38,39)/t22-,23?,27?/m0/s1. The van der Waals surface area contributed by atoms with E-state index in [9.17, 15) is 15.2 Å². The molecule has 3 atom stereocenters. The van der Waals surface area contributed by atoms with Crippen LogP contribution in [0.15, 0.2) is 24.3 Å². The second kappa shape index (κ2) is 10.5. The van der Waals surface area contributed by atoms with Crippen LogP contribution >= 0.6 is 0 Å². The predicted molar refractivity (Wildman–Crippen MR) is 148 cm³/mol. The Morgan fingerprint density at radius 3 is 2.77 bits per heavy atom. The molecule has 2 aliphatic carbocycles. The molecule has 2 aromatic rings. The van der Waals surface area contributed by atoms with E-state index < -0.39 is 12.1 Å². The van der Waals surface area contributed by atoms with E-state index in [0.717, 1.165) is 62.0 Å². The molecule has 1 saturated carbocycles. The molecule has 1 aromatic heterocycles. The molecular formula is C30H37N7O3. The third-order valence-electron chi connectivity index (χ3n) is 9.50. The number of ether oxygens (including phenoxy) is 1. The first kappa shape index (κ1) is 25.5. The first-order valence-corrected chi connectivity index (χ1v) is 14.8. The van der Waals surface area contributed by atoms with Gasteiger partial charge in [-0.25, -0.2) is 4.79 Å². The number of aromatic nitrogens is 2. The van der Waals surface area contributed by atoms with Gasteiger partial charge in [0, 0.05) is 56.4 Å². The monoisotopic (exact) mass is 543 g/mol. The van der Waals surface area contributed by atoms with Gasteiger partial charge in [-0.2, -0.15) is 15.2 Å². The summed E-state index contributed by atoms with van der Waals surface area (Å²) in [5.41, 5.74) is 4.95. The highest BCUT2D eigenvalue weighted by molar-refractivity contribution is 5.66. The number of hydrogen-bond acceptors (Lipinski definition) is 8. The minimum absolute atomic E-state index is 0.156. The van der Waals surface area contributed by atoms with Crippen molar-refractivity contribution in [2.45, 2.75) is 82.2 Å². The molecule has 2 saturated heterocycles. The van der Waals surface area contributed by atoms with Crippen LogP contribution in [-0.4, -0.2) is 86.8 Å². The summed E-state index contributed by atoms with van der Waals surface area (Å²) >= 11 is 0. The van der Waals surface area contributed by atoms with Gasteiger partial charge in [0.05, 0.1) is 24.2 Å². The fourth-order valence-electron chi connectivity index (χ4n) is 7.37. The molecule has 3 fully saturated rings. The molecule has 2 unspecified atom stereocenters. The zero-order chi connectivity index (χ0) is 27.2. The lowest BCUT2D eigenvalue weighted by atomic mass is 10.1. The Kier molecular flexibility index (Phi) is 6.72. The van der Waals surface area contributed by atoms with Crippen molar-refractivity contribution >= 4 is 11.9 Å². The SMILES string of the molecule is N#CC[C@H]1CN(c2nc(OCC3CCCN3C3CC3)nc3c2CN(C2CCc4ccccc42)C3)CCN1C(=O)O. The molecule has 1 aromatic carbocycles. The van der Waals surface area contributed by atoms with Crippen molar-refractivity contribution in [2.75, 3.05) is 37.7 Å². The third kappa shape index (κ3) is 4.75. The van der Waals surface area contributed by atoms with Gasteiger partial charge in [0.1, 0.15) is 12.4 Å². The molecule has 210 valence electrons. The zero-order valence-electron chi connectivity index (χ0n) is 22.9. The highest BCUT2D eigenvalue weighted by Crippen LogP contribution is 2.42. The van der Waals surface area contributed by atoms with Gasteiger partial charge in [-0.1, -0.05) is 24.3 Å². The van der Waals surface area contributed by atoms with Crippen LogP contribution in [0.3, 0.4) is 0 Å². The Bertz CT molecular complexity index is 1320. The van der Waals surface area contributed by atoms with Crippen LogP contribution in [0.25, 0.3) is 0 Å². The number of anilines is 1. The summed E-state index contributed by atoms with van der Waals surface area (Å²) in [6.45, 7) is 4.56. The van der Waals surface area contributed by atoms with Crippen LogP contribution in [0.4, 0.5) is 10.6 Å². The molecule has 4 heterocycles. The fourth-order valence-corrected chi connectivity index (χ4v) is 7.37. The van der Waals surface area contributed by atoms with Crippen molar-refractivity contribution in [1.29, 1.82) is 5.26 Å². The van der Waals surface area contributed by atoms with Crippen LogP contribution in [0.1, 0.15) is 67.0 Å². The second-order valence-corrected chi connectivity index (χ2v) is 11.9. The van der Waals surface area contributed by atoms with Crippen LogP contribution in [0, 0.1) is 11.3 Å². The average molecular weight is 544 g/mol. The maximum Gasteiger partial charge on any atom is 0.407 e. The first-order valence-electron chi connectivity index (χ1n) is 14.8. The highest BCUT2D eigenvalue weighted by atomic mass is 16.5. The molecule has 10 heteroatoms. The van der Waals surface area contributed by atoms with Gasteiger partial charge in [0.15, 0.2) is 0 Å². The van der Waals surface area contributed by atoms with Crippen molar-refractivity contribution in [1.82, 2.24) is 24.7 Å². The van der Waals surface area contributed by atoms with Crippen LogP contribution < -0.4 is 9.64 Å². The number of carboxylic acid groups (broad SMARTS) is 1. The number of piperazine rings is 1. The maximum absolute atomic E-state index is 11.8. The molecule has 40 heavy (non-hydrogen) atoms. The minimum atomic E-state index is -0.973. The summed E-state index contributed by atoms with van der Waals surface area (Å²) in [7, 11) is 0. The minimum Gasteiger partial charge on any atom is -0.465 e. The molecule has 1 N–H and O–H groups in total. The van der Waals surface area contributed by atoms with Crippen molar-refractivity contribution in [3.8, 4) is 12.1 Å². The van der Waals surface area contributed by atoms with Gasteiger partial charge in [0.2, 0.25) is 0 Å². The van der Waals surface area contributed by atoms with Gasteiger partial charge in [-0.3, -0.25) is 9.80 Å². The number of hydrogen-bond donors (Lipinski definition) is 1. The number of carbonyl (C=O) groups is 1. The van der Waals surface area contributed by atoms with Crippen LogP contribution in [0.5, 0.6) is 6.01 Å². The molecule has 3 aliphatic heterocycles. The number of nitriles is 1. The number of fused-ring (bicyclic) bond motifs is 2. The summed E-state index contributed by atoms with van der Waals surface area (Å²) in [6, 6.07) is 12.4. The van der Waals surface area contributed by atoms with E-state index in [1.165, 1.54) is 35.3 Å². The topological polar surface area (TPSA) is 109 Å². The van der Waals surface area contributed by atoms with Gasteiger partial charge in [0.25, 0.3) is 0 Å². The molecule has 0 spiro atoms. The normalized spacial score (nSPS) is 26.5. The molecule has 1 amide bonds. The first-order chi connectivity index (χ1) is 19.6. The molecular weight excluding hydrogens is 506 g/mol. The van der Waals surface area contributed by atoms with Gasteiger partial charge >= 0.3 is 12.1 Å². The number of likely N-dealkylation sites (tertiary alicyclic amines) is 1. The van der Waals surface area contributed by atoms with Crippen molar-refractivity contribution in [3.63, 3.8) is 0 Å². The van der Waals surface area contributed by atoms with Gasteiger partial charge in [-0.05, 0) is 56.2 Å². The maximum atomic E-state index is 11.8. The fraction of sp³-hybridized carbons (Fsp3) is 0.600. The lowest BCUT2D eigenvalue weighted by molar-refractivity contribution is 0.118. The van der Waals surface area contributed by atoms with E-state index in [1.807, 2.05) is 0 Å². The van der Waals surface area contributed by atoms with E-state index in [1.54, 1.807) is 0 Å². The van der Waals surface area contributed by atoms with E-state index in [-0.39, 0.29) is 6.42 Å². The number of rotatable bonds is 7. The zero-order valence-corrected chi connectivity index (χ0v) is 22.9. The summed E-state index contributed by atoms with van der Waals surface area (Å²) in [4.78, 5) is 30.4. The van der Waals surface area contributed by atoms with Crippen molar-refractivity contribution in [2.24, 2.45) is 0 Å². The summed E-state index contributed by atoms with van der Waals surface area (Å²) in [6.07, 6.45) is 6.32. The Morgan fingerprint density at radius 2 is 1.95 bits per heavy atom. The largest absolute Gasteiger partial charge is 0.465 e. The Labute approximate surface area is 235 Å². The van der Waals surface area contributed by atoms with Crippen molar-refractivity contribution in [3.05, 3.63) is 46.6 Å². The number of benzene rings is 1. The number of aryl methyl sites for hydroxylation is 1. The summed E-state index contributed by atoms with van der Waals surface area (Å²) in [5.74, 6) is 0.840. The average Bonchev–Trinajstić information content (AvgIpc) is 3.34. The lowest BCUT2D eigenvalue weighted by Crippen LogP contribution is -2.55. The van der Waals surface area contributed by atoms with E-state index in [0.29, 0.717) is 44.3 Å². The Hall–Kier alpha value is -3.42. The summed E-state index contributed by atoms with van der Waals surface area (Å²) in [5, 5.41) is 19.1. The van der Waals surface area contributed by atoms with Gasteiger partial charge in [-0.15, -0.1) is 0 Å². The molecule has 0 bridgehead atoms. The second-order valence-electron chi connectivity index (χ2n) is 11.9. The van der Waals surface area contributed by atoms with E-state index in [2.05, 4.69) is 45.0 Å². The van der Waals surface area contributed by atoms with Crippen LogP contribution in [-0.2, 0) is 19.5 Å². The van der Waals surface area contributed by atoms with Crippen LogP contribution in [0.2, 0.25) is 0 Å². The van der Waals surface area contributed by atoms with E-state index >= 15 is 0 Å². The van der Waals surface area contributed by atoms with E-state index in [4.69, 9.17) is 14.7 Å². The van der Waals surface area contributed by atoms with Gasteiger partial charge < -0.3 is 19.6 Å². The Balaban J connectivity index is 1.16. The highest BCUT2D eigenvalue weighted by Gasteiger charge is 2.39. The number of amides is 1. The van der Waals surface area contributed by atoms with Crippen molar-refractivity contribution < 1.29 is 14.6 Å². The predicted octanol–water partition coefficient (Wildman–Crippen LogP) is 3.57. The quantitative estimate of drug-likeness (QED) is 0.561. The molecule has 10 nitrogen and oxygen atoms in total. The number of nitrogens with zero attached hydrogens (tertiary/aromatic N) is 7. The summed E-state index contributed by atoms with van der Waals surface area (Å²) < 4.78 is 6.34.